The third-order valence-electron chi connectivity index (χ3n) is 4.04. The van der Waals surface area contributed by atoms with Gasteiger partial charge in [0.05, 0.1) is 12.8 Å². The molecule has 0 amide bonds. The standard InChI is InChI=1S/C15H24N2O3S/c1-5-8-16-15(13(18)19-4)7-6-12(9-15)21-14-17-10(2)11(3)20-14/h12,16H,5-9H2,1-4H3. The van der Waals surface area contributed by atoms with E-state index in [-0.39, 0.29) is 5.97 Å². The summed E-state index contributed by atoms with van der Waals surface area (Å²) in [5, 5.41) is 4.41. The van der Waals surface area contributed by atoms with Gasteiger partial charge in [-0.15, -0.1) is 0 Å². The van der Waals surface area contributed by atoms with Gasteiger partial charge in [-0.05, 0) is 46.1 Å². The number of hydrogen-bond donors (Lipinski definition) is 1. The number of nitrogens with zero attached hydrogens (tertiary/aromatic N) is 1. The number of aromatic nitrogens is 1. The van der Waals surface area contributed by atoms with Crippen molar-refractivity contribution in [2.45, 2.75) is 62.5 Å². The highest BCUT2D eigenvalue weighted by atomic mass is 32.2. The predicted octanol–water partition coefficient (Wildman–Crippen LogP) is 2.85. The third-order valence-corrected chi connectivity index (χ3v) is 5.15. The number of thioether (sulfide) groups is 1. The van der Waals surface area contributed by atoms with Crippen LogP contribution in [0.25, 0.3) is 0 Å². The molecule has 1 aliphatic rings. The number of carbonyl (C=O) groups excluding carboxylic acids is 1. The summed E-state index contributed by atoms with van der Waals surface area (Å²) < 4.78 is 10.6. The maximum atomic E-state index is 12.2. The highest BCUT2D eigenvalue weighted by Gasteiger charge is 2.46. The molecule has 2 atom stereocenters. The Hall–Kier alpha value is -1.01. The van der Waals surface area contributed by atoms with Crippen LogP contribution in [0.15, 0.2) is 9.64 Å². The van der Waals surface area contributed by atoms with Gasteiger partial charge in [0.15, 0.2) is 0 Å². The second kappa shape index (κ2) is 6.83. The number of nitrogens with one attached hydrogen (secondary N) is 1. The second-order valence-corrected chi connectivity index (χ2v) is 6.86. The molecule has 0 bridgehead atoms. The van der Waals surface area contributed by atoms with E-state index >= 15 is 0 Å². The average molecular weight is 312 g/mol. The van der Waals surface area contributed by atoms with E-state index in [0.29, 0.717) is 10.5 Å². The number of hydrogen-bond acceptors (Lipinski definition) is 6. The smallest absolute Gasteiger partial charge is 0.326 e. The van der Waals surface area contributed by atoms with Gasteiger partial charge in [0, 0.05) is 5.25 Å². The van der Waals surface area contributed by atoms with Crippen LogP contribution in [0, 0.1) is 13.8 Å². The molecule has 0 aliphatic heterocycles. The van der Waals surface area contributed by atoms with Crippen molar-refractivity contribution in [1.82, 2.24) is 10.3 Å². The minimum Gasteiger partial charge on any atom is -0.468 e. The van der Waals surface area contributed by atoms with Crippen LogP contribution >= 0.6 is 11.8 Å². The van der Waals surface area contributed by atoms with Crippen LogP contribution in [0.1, 0.15) is 44.1 Å². The number of ether oxygens (including phenoxy) is 1. The van der Waals surface area contributed by atoms with Gasteiger partial charge in [-0.1, -0.05) is 18.7 Å². The van der Waals surface area contributed by atoms with Gasteiger partial charge in [0.1, 0.15) is 11.3 Å². The molecule has 1 saturated carbocycles. The molecule has 2 unspecified atom stereocenters. The SMILES string of the molecule is CCCNC1(C(=O)OC)CCC(Sc2nc(C)c(C)o2)C1. The Labute approximate surface area is 130 Å². The highest BCUT2D eigenvalue weighted by Crippen LogP contribution is 2.41. The molecule has 6 heteroatoms. The molecule has 1 aromatic heterocycles. The van der Waals surface area contributed by atoms with Crippen LogP contribution in [0.2, 0.25) is 0 Å². The lowest BCUT2D eigenvalue weighted by molar-refractivity contribution is -0.148. The van der Waals surface area contributed by atoms with E-state index in [4.69, 9.17) is 9.15 Å². The van der Waals surface area contributed by atoms with Crippen molar-refractivity contribution in [3.05, 3.63) is 11.5 Å². The van der Waals surface area contributed by atoms with Gasteiger partial charge < -0.3 is 14.5 Å². The number of oxazole rings is 1. The van der Waals surface area contributed by atoms with Crippen molar-refractivity contribution in [3.63, 3.8) is 0 Å². The molecule has 5 nitrogen and oxygen atoms in total. The van der Waals surface area contributed by atoms with Crippen LogP contribution in [-0.4, -0.2) is 35.4 Å². The number of rotatable bonds is 6. The zero-order chi connectivity index (χ0) is 15.5. The summed E-state index contributed by atoms with van der Waals surface area (Å²) in [6.45, 7) is 6.78. The Balaban J connectivity index is 2.03. The molecular weight excluding hydrogens is 288 g/mol. The van der Waals surface area contributed by atoms with E-state index in [1.54, 1.807) is 11.8 Å². The van der Waals surface area contributed by atoms with Crippen molar-refractivity contribution >= 4 is 17.7 Å². The van der Waals surface area contributed by atoms with E-state index in [1.165, 1.54) is 7.11 Å². The molecule has 2 rings (SSSR count). The van der Waals surface area contributed by atoms with Crippen molar-refractivity contribution in [2.75, 3.05) is 13.7 Å². The Morgan fingerprint density at radius 1 is 1.57 bits per heavy atom. The first kappa shape index (κ1) is 16.4. The first-order valence-electron chi connectivity index (χ1n) is 7.45. The fourth-order valence-corrected chi connectivity index (χ4v) is 3.97. The van der Waals surface area contributed by atoms with Crippen LogP contribution in [0.5, 0.6) is 0 Å². The first-order chi connectivity index (χ1) is 10.0. The molecule has 1 heterocycles. The van der Waals surface area contributed by atoms with Gasteiger partial charge >= 0.3 is 5.97 Å². The lowest BCUT2D eigenvalue weighted by Gasteiger charge is -2.27. The van der Waals surface area contributed by atoms with Crippen LogP contribution < -0.4 is 5.32 Å². The number of carbonyl (C=O) groups is 1. The second-order valence-electron chi connectivity index (χ2n) is 5.60. The van der Waals surface area contributed by atoms with Crippen molar-refractivity contribution in [3.8, 4) is 0 Å². The Bertz CT molecular complexity index is 484. The first-order valence-corrected chi connectivity index (χ1v) is 8.33. The maximum absolute atomic E-state index is 12.2. The van der Waals surface area contributed by atoms with E-state index in [0.717, 1.165) is 43.7 Å². The Morgan fingerprint density at radius 2 is 2.33 bits per heavy atom. The molecule has 21 heavy (non-hydrogen) atoms. The Kier molecular flexibility index (Phi) is 5.32. The molecule has 1 aromatic rings. The fraction of sp³-hybridized carbons (Fsp3) is 0.733. The molecule has 0 aromatic carbocycles. The summed E-state index contributed by atoms with van der Waals surface area (Å²) in [6.07, 6.45) is 3.51. The van der Waals surface area contributed by atoms with Gasteiger partial charge in [0.2, 0.25) is 0 Å². The van der Waals surface area contributed by atoms with E-state index in [1.807, 2.05) is 13.8 Å². The molecule has 1 aliphatic carbocycles. The van der Waals surface area contributed by atoms with Crippen LogP contribution in [-0.2, 0) is 9.53 Å². The monoisotopic (exact) mass is 312 g/mol. The largest absolute Gasteiger partial charge is 0.468 e. The molecule has 0 saturated heterocycles. The zero-order valence-electron chi connectivity index (χ0n) is 13.2. The Morgan fingerprint density at radius 3 is 2.90 bits per heavy atom. The van der Waals surface area contributed by atoms with Gasteiger partial charge in [-0.2, -0.15) is 0 Å². The minimum absolute atomic E-state index is 0.154. The molecule has 1 fully saturated rings. The van der Waals surface area contributed by atoms with E-state index in [2.05, 4.69) is 17.2 Å². The number of aryl methyl sites for hydroxylation is 2. The summed E-state index contributed by atoms with van der Waals surface area (Å²) >= 11 is 1.62. The quantitative estimate of drug-likeness (QED) is 0.815. The summed E-state index contributed by atoms with van der Waals surface area (Å²) in [7, 11) is 1.46. The number of methoxy groups -OCH3 is 1. The lowest BCUT2D eigenvalue weighted by atomic mass is 9.97. The van der Waals surface area contributed by atoms with Crippen molar-refractivity contribution in [1.29, 1.82) is 0 Å². The summed E-state index contributed by atoms with van der Waals surface area (Å²) in [5.41, 5.74) is 0.387. The van der Waals surface area contributed by atoms with Crippen LogP contribution in [0.4, 0.5) is 0 Å². The normalized spacial score (nSPS) is 25.2. The van der Waals surface area contributed by atoms with Gasteiger partial charge in [-0.25, -0.2) is 4.98 Å². The molecule has 0 radical (unpaired) electrons. The molecular formula is C15H24N2O3S. The molecule has 118 valence electrons. The zero-order valence-corrected chi connectivity index (χ0v) is 14.0. The molecule has 1 N–H and O–H groups in total. The lowest BCUT2D eigenvalue weighted by Crippen LogP contribution is -2.51. The van der Waals surface area contributed by atoms with Crippen LogP contribution in [0.3, 0.4) is 0 Å². The van der Waals surface area contributed by atoms with E-state index in [9.17, 15) is 4.79 Å². The maximum Gasteiger partial charge on any atom is 0.326 e. The summed E-state index contributed by atoms with van der Waals surface area (Å²) in [4.78, 5) is 16.6. The van der Waals surface area contributed by atoms with Gasteiger partial charge in [-0.3, -0.25) is 4.79 Å². The summed E-state index contributed by atoms with van der Waals surface area (Å²) in [5.74, 6) is 0.706. The number of esters is 1. The topological polar surface area (TPSA) is 64.4 Å². The average Bonchev–Trinajstić information content (AvgIpc) is 3.01. The van der Waals surface area contributed by atoms with Crippen molar-refractivity contribution < 1.29 is 13.9 Å². The minimum atomic E-state index is -0.543. The predicted molar refractivity (Wildman–Crippen MR) is 82.5 cm³/mol. The summed E-state index contributed by atoms with van der Waals surface area (Å²) in [6, 6.07) is 0. The van der Waals surface area contributed by atoms with E-state index < -0.39 is 5.54 Å². The molecule has 0 spiro atoms. The third kappa shape index (κ3) is 3.61. The fourth-order valence-electron chi connectivity index (χ4n) is 2.71. The highest BCUT2D eigenvalue weighted by molar-refractivity contribution is 7.99. The van der Waals surface area contributed by atoms with Crippen molar-refractivity contribution in [2.24, 2.45) is 0 Å². The van der Waals surface area contributed by atoms with Gasteiger partial charge in [0.25, 0.3) is 5.22 Å².